The van der Waals surface area contributed by atoms with Crippen LogP contribution in [0.25, 0.3) is 0 Å². The largest absolute Gasteiger partial charge is 0.257 e. The lowest BCUT2D eigenvalue weighted by Crippen LogP contribution is -1.84. The number of nitrogens with one attached hydrogen (secondary N) is 1. The molecule has 0 saturated carbocycles. The Hall–Kier alpha value is 0.480. The molecule has 0 aliphatic rings. The molecule has 1 N–H and O–H groups in total. The highest BCUT2D eigenvalue weighted by Crippen LogP contribution is 2.32. The van der Waals surface area contributed by atoms with E-state index in [9.17, 15) is 0 Å². The van der Waals surface area contributed by atoms with Gasteiger partial charge >= 0.3 is 0 Å². The molecule has 1 rings (SSSR count). The van der Waals surface area contributed by atoms with E-state index in [2.05, 4.69) is 17.1 Å². The number of rotatable bonds is 21. The van der Waals surface area contributed by atoms with Crippen molar-refractivity contribution in [1.29, 1.82) is 0 Å². The van der Waals surface area contributed by atoms with Crippen molar-refractivity contribution in [3.8, 4) is 0 Å². The third-order valence-corrected chi connectivity index (χ3v) is 8.96. The topological polar surface area (TPSA) is 28.7 Å². The van der Waals surface area contributed by atoms with E-state index < -0.39 is 0 Å². The van der Waals surface area contributed by atoms with Crippen molar-refractivity contribution in [2.75, 3.05) is 5.75 Å². The fraction of sp³-hybridized carbons (Fsp3) is 0.909. The number of nitrogens with zero attached hydrogens (tertiary/aromatic N) is 1. The summed E-state index contributed by atoms with van der Waals surface area (Å²) >= 11 is 6.61. The third kappa shape index (κ3) is 17.3. The van der Waals surface area contributed by atoms with E-state index in [1.807, 2.05) is 10.8 Å². The summed E-state index contributed by atoms with van der Waals surface area (Å²) in [4.78, 5) is 0. The second kappa shape index (κ2) is 20.7. The Morgan fingerprint density at radius 1 is 0.714 bits per heavy atom. The average Bonchev–Trinajstić information content (AvgIpc) is 3.11. The van der Waals surface area contributed by atoms with E-state index in [-0.39, 0.29) is 0 Å². The number of hydrogen-bond donors (Lipinski definition) is 1. The Bertz CT molecular complexity index is 487. The maximum atomic E-state index is 5.04. The number of aromatic nitrogens is 2. The highest BCUT2D eigenvalue weighted by molar-refractivity contribution is 8.77. The molecule has 0 fully saturated rings. The zero-order chi connectivity index (χ0) is 20.1. The molecular weight excluding hydrogens is 421 g/mol. The van der Waals surface area contributed by atoms with E-state index in [0.717, 1.165) is 8.29 Å². The number of H-pyrrole nitrogens is 1. The molecule has 0 saturated heterocycles. The van der Waals surface area contributed by atoms with E-state index in [4.69, 9.17) is 12.2 Å². The van der Waals surface area contributed by atoms with Crippen molar-refractivity contribution < 1.29 is 0 Å². The highest BCUT2D eigenvalue weighted by atomic mass is 33.1. The Morgan fingerprint density at radius 3 is 1.54 bits per heavy atom. The van der Waals surface area contributed by atoms with E-state index >= 15 is 0 Å². The molecule has 6 heteroatoms. The molecule has 28 heavy (non-hydrogen) atoms. The van der Waals surface area contributed by atoms with Crippen LogP contribution >= 0.6 is 45.1 Å². The van der Waals surface area contributed by atoms with E-state index in [1.54, 1.807) is 22.1 Å². The summed E-state index contributed by atoms with van der Waals surface area (Å²) in [7, 11) is 3.66. The van der Waals surface area contributed by atoms with Gasteiger partial charge in [-0.05, 0) is 29.4 Å². The lowest BCUT2D eigenvalue weighted by Gasteiger charge is -2.04. The van der Waals surface area contributed by atoms with Crippen molar-refractivity contribution in [3.63, 3.8) is 0 Å². The van der Waals surface area contributed by atoms with Crippen LogP contribution in [-0.2, 0) is 0 Å². The van der Waals surface area contributed by atoms with Crippen molar-refractivity contribution in [1.82, 2.24) is 10.2 Å². The summed E-state index contributed by atoms with van der Waals surface area (Å²) in [5, 5.41) is 7.00. The van der Waals surface area contributed by atoms with Crippen LogP contribution < -0.4 is 0 Å². The van der Waals surface area contributed by atoms with Gasteiger partial charge in [-0.15, -0.1) is 0 Å². The highest BCUT2D eigenvalue weighted by Gasteiger charge is 1.99. The number of hydrogen-bond acceptors (Lipinski definition) is 5. The zero-order valence-electron chi connectivity index (χ0n) is 18.0. The molecule has 164 valence electrons. The minimum atomic E-state index is 0.774. The minimum Gasteiger partial charge on any atom is -0.257 e. The number of aromatic amines is 1. The smallest absolute Gasteiger partial charge is 0.183 e. The average molecular weight is 463 g/mol. The summed E-state index contributed by atoms with van der Waals surface area (Å²) in [6.07, 6.45) is 25.9. The van der Waals surface area contributed by atoms with Crippen LogP contribution in [0.1, 0.15) is 122 Å². The maximum Gasteiger partial charge on any atom is 0.183 e. The Labute approximate surface area is 191 Å². The van der Waals surface area contributed by atoms with Crippen LogP contribution in [0.3, 0.4) is 0 Å². The summed E-state index contributed by atoms with van der Waals surface area (Å²) in [6.45, 7) is 2.30. The molecule has 0 bridgehead atoms. The van der Waals surface area contributed by atoms with Crippen molar-refractivity contribution in [2.45, 2.75) is 127 Å². The molecular formula is C22H42N2S4. The van der Waals surface area contributed by atoms with E-state index in [1.165, 1.54) is 121 Å². The molecule has 0 atom stereocenters. The predicted molar refractivity (Wildman–Crippen MR) is 134 cm³/mol. The molecule has 1 heterocycles. The van der Waals surface area contributed by atoms with Crippen molar-refractivity contribution in [2.24, 2.45) is 0 Å². The lowest BCUT2D eigenvalue weighted by molar-refractivity contribution is 0.527. The third-order valence-electron chi connectivity index (χ3n) is 5.13. The second-order valence-electron chi connectivity index (χ2n) is 7.79. The van der Waals surface area contributed by atoms with Crippen LogP contribution in [0.5, 0.6) is 0 Å². The van der Waals surface area contributed by atoms with Gasteiger partial charge in [0.1, 0.15) is 0 Å². The maximum absolute atomic E-state index is 5.04. The Kier molecular flexibility index (Phi) is 19.6. The minimum absolute atomic E-state index is 0.774. The van der Waals surface area contributed by atoms with Gasteiger partial charge in [0.2, 0.25) is 0 Å². The van der Waals surface area contributed by atoms with Gasteiger partial charge < -0.3 is 0 Å². The first-order valence-corrected chi connectivity index (χ1v) is 15.2. The quantitative estimate of drug-likeness (QED) is 0.112. The van der Waals surface area contributed by atoms with Gasteiger partial charge in [0.15, 0.2) is 8.29 Å². The monoisotopic (exact) mass is 462 g/mol. The van der Waals surface area contributed by atoms with Crippen LogP contribution in [-0.4, -0.2) is 16.0 Å². The first kappa shape index (κ1) is 26.5. The molecule has 2 nitrogen and oxygen atoms in total. The molecule has 0 radical (unpaired) electrons. The zero-order valence-corrected chi connectivity index (χ0v) is 21.3. The van der Waals surface area contributed by atoms with Crippen LogP contribution in [0.15, 0.2) is 4.34 Å². The van der Waals surface area contributed by atoms with Crippen LogP contribution in [0, 0.1) is 3.95 Å². The van der Waals surface area contributed by atoms with Gasteiger partial charge in [-0.2, -0.15) is 5.10 Å². The van der Waals surface area contributed by atoms with Crippen LogP contribution in [0.4, 0.5) is 0 Å². The normalized spacial score (nSPS) is 11.3. The van der Waals surface area contributed by atoms with Crippen molar-refractivity contribution in [3.05, 3.63) is 3.95 Å². The van der Waals surface area contributed by atoms with Crippen molar-refractivity contribution >= 4 is 45.1 Å². The standard InChI is InChI=1S/C22H42N2S4/c1-2-3-4-5-6-7-8-9-10-11-12-13-14-15-16-17-18-19-20-26-28-22-24-23-21(25)27-22/h2-20H2,1H3,(H,23,25). The SMILES string of the molecule is CCCCCCCCCCCCCCCCCCCCSSc1n[nH]c(=S)s1. The molecule has 0 amide bonds. The van der Waals surface area contributed by atoms with Gasteiger partial charge in [-0.25, -0.2) is 0 Å². The van der Waals surface area contributed by atoms with Gasteiger partial charge in [0.25, 0.3) is 0 Å². The molecule has 1 aromatic rings. The van der Waals surface area contributed by atoms with Gasteiger partial charge in [-0.1, -0.05) is 138 Å². The first-order chi connectivity index (χ1) is 13.8. The van der Waals surface area contributed by atoms with Gasteiger partial charge in [0.05, 0.1) is 0 Å². The molecule has 0 aliphatic carbocycles. The fourth-order valence-corrected chi connectivity index (χ4v) is 6.92. The molecule has 0 aromatic carbocycles. The second-order valence-corrected chi connectivity index (χ2v) is 12.1. The number of unbranched alkanes of at least 4 members (excludes halogenated alkanes) is 17. The molecule has 0 aliphatic heterocycles. The summed E-state index contributed by atoms with van der Waals surface area (Å²) < 4.78 is 1.83. The van der Waals surface area contributed by atoms with E-state index in [0.29, 0.717) is 0 Å². The molecule has 0 unspecified atom stereocenters. The van der Waals surface area contributed by atoms with Gasteiger partial charge in [0, 0.05) is 5.75 Å². The first-order valence-electron chi connectivity index (χ1n) is 11.7. The molecule has 0 spiro atoms. The van der Waals surface area contributed by atoms with Gasteiger partial charge in [-0.3, -0.25) is 5.10 Å². The summed E-state index contributed by atoms with van der Waals surface area (Å²) in [6, 6.07) is 0. The Morgan fingerprint density at radius 2 is 1.14 bits per heavy atom. The summed E-state index contributed by atoms with van der Waals surface area (Å²) in [5.74, 6) is 1.22. The summed E-state index contributed by atoms with van der Waals surface area (Å²) in [5.41, 5.74) is 0. The van der Waals surface area contributed by atoms with Crippen LogP contribution in [0.2, 0.25) is 0 Å². The predicted octanol–water partition coefficient (Wildman–Crippen LogP) is 9.98. The fourth-order valence-electron chi connectivity index (χ4n) is 3.41. The molecule has 1 aromatic heterocycles. The Balaban J connectivity index is 1.67. The lowest BCUT2D eigenvalue weighted by atomic mass is 10.0.